The van der Waals surface area contributed by atoms with Gasteiger partial charge in [-0.3, -0.25) is 38.4 Å². The number of fused-ring (bicyclic) bond motifs is 4. The lowest BCUT2D eigenvalue weighted by atomic mass is 9.85. The standard InChI is InChI=1S/C40H46F2N12O5/c1-48(29-4-3-5-30-35(29)49(2)40(58)54(30)31-10-11-33(55)46-39(31)57)25-17-50(18-25)16-22-6-8-23(9-7-22)53-20-28(34(47-53)36(41)42)44-38(56)27-15-43-52-13-12-32(45-37(27)52)51-19-26-14-24(51)21-59-26/h3-5,12-13,15,20,22-26,31,36H,6-11,14,16-19,21H2,1-2H3,(H,44,56)(H,46,55,57)/t22?,23?,24-,26-,31?/m1/s1. The molecule has 4 saturated heterocycles. The predicted octanol–water partition coefficient (Wildman–Crippen LogP) is 3.28. The number of likely N-dealkylation sites (tertiary alicyclic amines) is 1. The maximum absolute atomic E-state index is 14.3. The van der Waals surface area contributed by atoms with Crippen LogP contribution in [-0.2, 0) is 21.4 Å². The van der Waals surface area contributed by atoms with Crippen molar-refractivity contribution < 1.29 is 27.9 Å². The number of imide groups is 1. The molecule has 5 aromatic rings. The Morgan fingerprint density at radius 1 is 1.07 bits per heavy atom. The number of anilines is 3. The lowest BCUT2D eigenvalue weighted by Crippen LogP contribution is -2.59. The van der Waals surface area contributed by atoms with Gasteiger partial charge in [-0.1, -0.05) is 6.07 Å². The number of morpholine rings is 1. The monoisotopic (exact) mass is 812 g/mol. The molecule has 8 heterocycles. The van der Waals surface area contributed by atoms with Crippen LogP contribution in [0.15, 0.2) is 47.7 Å². The first kappa shape index (κ1) is 37.6. The lowest BCUT2D eigenvalue weighted by molar-refractivity contribution is -0.135. The summed E-state index contributed by atoms with van der Waals surface area (Å²) in [5.41, 5.74) is 2.08. The van der Waals surface area contributed by atoms with E-state index in [9.17, 15) is 28.0 Å². The Kier molecular flexibility index (Phi) is 9.26. The molecule has 4 aliphatic heterocycles. The van der Waals surface area contributed by atoms with Crippen molar-refractivity contribution in [2.75, 3.05) is 55.0 Å². The van der Waals surface area contributed by atoms with Gasteiger partial charge in [0, 0.05) is 59.1 Å². The molecular weight excluding hydrogens is 767 g/mol. The number of alkyl halides is 2. The molecule has 10 rings (SSSR count). The fraction of sp³-hybridized carbons (Fsp3) is 0.525. The first-order chi connectivity index (χ1) is 28.5. The predicted molar refractivity (Wildman–Crippen MR) is 212 cm³/mol. The van der Waals surface area contributed by atoms with Gasteiger partial charge in [-0.05, 0) is 62.6 Å². The van der Waals surface area contributed by atoms with E-state index in [1.807, 2.05) is 31.3 Å². The van der Waals surface area contributed by atoms with Gasteiger partial charge in [0.15, 0.2) is 11.3 Å². The number of para-hydroxylation sites is 1. The number of piperidine rings is 1. The van der Waals surface area contributed by atoms with Gasteiger partial charge >= 0.3 is 5.69 Å². The maximum atomic E-state index is 14.3. The van der Waals surface area contributed by atoms with Crippen molar-refractivity contribution in [2.45, 2.75) is 81.6 Å². The van der Waals surface area contributed by atoms with Gasteiger partial charge in [-0.15, -0.1) is 0 Å². The van der Waals surface area contributed by atoms with E-state index in [4.69, 9.17) is 9.72 Å². The normalized spacial score (nSPS) is 25.0. The first-order valence-electron chi connectivity index (χ1n) is 20.4. The third-order valence-electron chi connectivity index (χ3n) is 13.2. The number of carbonyl (C=O) groups excluding carboxylic acids is 3. The Morgan fingerprint density at radius 2 is 1.88 bits per heavy atom. The molecule has 310 valence electrons. The molecule has 4 aromatic heterocycles. The van der Waals surface area contributed by atoms with Gasteiger partial charge in [0.2, 0.25) is 11.8 Å². The summed E-state index contributed by atoms with van der Waals surface area (Å²) in [5.74, 6) is -0.184. The highest BCUT2D eigenvalue weighted by molar-refractivity contribution is 6.08. The molecule has 1 aliphatic carbocycles. The van der Waals surface area contributed by atoms with Crippen molar-refractivity contribution in [1.82, 2.24) is 43.7 Å². The average Bonchev–Trinajstić information content (AvgIpc) is 4.06. The molecule has 19 heteroatoms. The number of likely N-dealkylation sites (N-methyl/N-ethyl adjacent to an activating group) is 1. The van der Waals surface area contributed by atoms with Gasteiger partial charge in [-0.25, -0.2) is 23.1 Å². The van der Waals surface area contributed by atoms with Crippen LogP contribution in [0.25, 0.3) is 16.7 Å². The van der Waals surface area contributed by atoms with Crippen LogP contribution >= 0.6 is 0 Å². The van der Waals surface area contributed by atoms with E-state index in [0.29, 0.717) is 23.7 Å². The van der Waals surface area contributed by atoms with Crippen molar-refractivity contribution in [2.24, 2.45) is 13.0 Å². The summed E-state index contributed by atoms with van der Waals surface area (Å²) < 4.78 is 40.5. The van der Waals surface area contributed by atoms with E-state index in [2.05, 4.69) is 35.5 Å². The number of carbonyl (C=O) groups is 3. The molecular formula is C40H46F2N12O5. The Bertz CT molecular complexity index is 2530. The first-order valence-corrected chi connectivity index (χ1v) is 20.4. The summed E-state index contributed by atoms with van der Waals surface area (Å²) in [5, 5.41) is 13.6. The van der Waals surface area contributed by atoms with E-state index in [0.717, 1.165) is 75.3 Å². The number of amides is 3. The molecule has 0 radical (unpaired) electrons. The summed E-state index contributed by atoms with van der Waals surface area (Å²) in [7, 11) is 3.75. The number of halogens is 2. The third-order valence-corrected chi connectivity index (χ3v) is 13.2. The highest BCUT2D eigenvalue weighted by atomic mass is 19.3. The van der Waals surface area contributed by atoms with E-state index in [-0.39, 0.29) is 59.9 Å². The highest BCUT2D eigenvalue weighted by Crippen LogP contribution is 2.37. The third kappa shape index (κ3) is 6.54. The second-order valence-electron chi connectivity index (χ2n) is 16.8. The van der Waals surface area contributed by atoms with Crippen LogP contribution in [0.1, 0.15) is 79.5 Å². The van der Waals surface area contributed by atoms with Gasteiger partial charge < -0.3 is 19.9 Å². The lowest BCUT2D eigenvalue weighted by Gasteiger charge is -2.47. The second kappa shape index (κ2) is 14.5. The summed E-state index contributed by atoms with van der Waals surface area (Å²) in [6.45, 7) is 4.01. The average molecular weight is 813 g/mol. The van der Waals surface area contributed by atoms with Crippen LogP contribution < -0.4 is 26.1 Å². The SMILES string of the molecule is CN(c1cccc2c1n(C)c(=O)n2C1CCC(=O)NC1=O)C1CN(CC2CCC(n3cc(NC(=O)c4cnn5ccc(N6C[C@H]7C[C@@H]6CO7)nc45)c(C(F)F)n3)CC2)C1. The molecule has 1 unspecified atom stereocenters. The van der Waals surface area contributed by atoms with E-state index in [1.165, 1.54) is 21.5 Å². The summed E-state index contributed by atoms with van der Waals surface area (Å²) in [6, 6.07) is 7.26. The molecule has 5 aliphatic rings. The Hall–Kier alpha value is -5.69. The van der Waals surface area contributed by atoms with Crippen molar-refractivity contribution >= 4 is 51.6 Å². The number of hydrogen-bond donors (Lipinski definition) is 2. The number of rotatable bonds is 10. The van der Waals surface area contributed by atoms with Crippen molar-refractivity contribution in [3.63, 3.8) is 0 Å². The minimum Gasteiger partial charge on any atom is -0.374 e. The zero-order chi connectivity index (χ0) is 40.7. The molecule has 1 aromatic carbocycles. The molecule has 0 spiro atoms. The molecule has 3 amide bonds. The number of aryl methyl sites for hydroxylation is 1. The van der Waals surface area contributed by atoms with Gasteiger partial charge in [0.1, 0.15) is 17.4 Å². The molecule has 2 N–H and O–H groups in total. The molecule has 3 atom stereocenters. The topological polar surface area (TPSA) is 169 Å². The van der Waals surface area contributed by atoms with Crippen molar-refractivity contribution in [3.05, 3.63) is 64.6 Å². The second-order valence-corrected chi connectivity index (χ2v) is 16.8. The van der Waals surface area contributed by atoms with Crippen LogP contribution in [0.4, 0.5) is 26.0 Å². The number of nitrogens with one attached hydrogen (secondary N) is 2. The molecule has 2 bridgehead atoms. The number of nitrogens with zero attached hydrogens (tertiary/aromatic N) is 10. The molecule has 1 saturated carbocycles. The fourth-order valence-corrected chi connectivity index (χ4v) is 9.92. The highest BCUT2D eigenvalue weighted by Gasteiger charge is 2.40. The number of ether oxygens (including phenoxy) is 1. The number of aromatic nitrogens is 7. The maximum Gasteiger partial charge on any atom is 0.329 e. The summed E-state index contributed by atoms with van der Waals surface area (Å²) in [4.78, 5) is 63.0. The van der Waals surface area contributed by atoms with Crippen LogP contribution in [-0.4, -0.2) is 114 Å². The van der Waals surface area contributed by atoms with Gasteiger partial charge in [-0.2, -0.15) is 10.2 Å². The smallest absolute Gasteiger partial charge is 0.329 e. The fourth-order valence-electron chi connectivity index (χ4n) is 9.92. The van der Waals surface area contributed by atoms with Crippen molar-refractivity contribution in [1.29, 1.82) is 0 Å². The van der Waals surface area contributed by atoms with Crippen molar-refractivity contribution in [3.8, 4) is 0 Å². The largest absolute Gasteiger partial charge is 0.374 e. The number of imidazole rings is 1. The molecule has 5 fully saturated rings. The minimum absolute atomic E-state index is 0.0179. The molecule has 59 heavy (non-hydrogen) atoms. The van der Waals surface area contributed by atoms with Crippen LogP contribution in [0, 0.1) is 5.92 Å². The number of hydrogen-bond acceptors (Lipinski definition) is 11. The van der Waals surface area contributed by atoms with Crippen LogP contribution in [0.5, 0.6) is 0 Å². The zero-order valence-electron chi connectivity index (χ0n) is 32.8. The van der Waals surface area contributed by atoms with E-state index < -0.39 is 30.0 Å². The number of benzene rings is 1. The summed E-state index contributed by atoms with van der Waals surface area (Å²) in [6.07, 6.45) is 6.80. The quantitative estimate of drug-likeness (QED) is 0.199. The zero-order valence-corrected chi connectivity index (χ0v) is 32.8. The Morgan fingerprint density at radius 3 is 2.61 bits per heavy atom. The Labute approximate surface area is 336 Å². The van der Waals surface area contributed by atoms with E-state index >= 15 is 0 Å². The van der Waals surface area contributed by atoms with E-state index in [1.54, 1.807) is 22.5 Å². The Balaban J connectivity index is 0.757. The van der Waals surface area contributed by atoms with Gasteiger partial charge in [0.05, 0.1) is 59.4 Å². The summed E-state index contributed by atoms with van der Waals surface area (Å²) >= 11 is 0. The minimum atomic E-state index is -2.87. The van der Waals surface area contributed by atoms with Crippen LogP contribution in [0.2, 0.25) is 0 Å². The van der Waals surface area contributed by atoms with Gasteiger partial charge in [0.25, 0.3) is 12.3 Å². The van der Waals surface area contributed by atoms with Crippen LogP contribution in [0.3, 0.4) is 0 Å². The molecule has 17 nitrogen and oxygen atoms in total.